The molecule has 3 heterocycles. The summed E-state index contributed by atoms with van der Waals surface area (Å²) in [5.41, 5.74) is 15.8. The van der Waals surface area contributed by atoms with Gasteiger partial charge in [0.1, 0.15) is 6.07 Å². The molecule has 0 bridgehead atoms. The van der Waals surface area contributed by atoms with E-state index in [9.17, 15) is 11.8 Å². The van der Waals surface area contributed by atoms with E-state index in [2.05, 4.69) is 254 Å². The first kappa shape index (κ1) is 49.5. The van der Waals surface area contributed by atoms with Crippen molar-refractivity contribution >= 4 is 71.1 Å². The minimum atomic E-state index is -0.109. The molecule has 5 nitrogen and oxygen atoms in total. The summed E-state index contributed by atoms with van der Waals surface area (Å²) >= 11 is 0. The maximum absolute atomic E-state index is 12.0. The number of benzene rings is 7. The van der Waals surface area contributed by atoms with Gasteiger partial charge in [-0.3, -0.25) is 0 Å². The highest BCUT2D eigenvalue weighted by Crippen LogP contribution is 2.49. The van der Waals surface area contributed by atoms with E-state index in [0.29, 0.717) is 28.3 Å². The molecule has 3 aromatic heterocycles. The van der Waals surface area contributed by atoms with Gasteiger partial charge < -0.3 is 13.7 Å². The molecule has 10 aromatic rings. The Morgan fingerprint density at radius 3 is 0.795 bits per heavy atom. The number of aromatic nitrogens is 3. The third-order valence-corrected chi connectivity index (χ3v) is 15.6. The molecule has 10 rings (SSSR count). The zero-order valence-corrected chi connectivity index (χ0v) is 46.7. The summed E-state index contributed by atoms with van der Waals surface area (Å²) in [4.78, 5) is 4.72. The van der Waals surface area contributed by atoms with Crippen LogP contribution in [0.2, 0.25) is 0 Å². The Morgan fingerprint density at radius 2 is 0.575 bits per heavy atom. The van der Waals surface area contributed by atoms with Crippen LogP contribution in [0.5, 0.6) is 0 Å². The highest BCUT2D eigenvalue weighted by Gasteiger charge is 2.32. The van der Waals surface area contributed by atoms with Crippen LogP contribution in [-0.2, 0) is 32.5 Å². The predicted molar refractivity (Wildman–Crippen MR) is 313 cm³/mol. The molecule has 370 valence electrons. The normalized spacial score (nSPS) is 13.3. The molecular formula is C68H73N5. The smallest absolute Gasteiger partial charge is 0.236 e. The fourth-order valence-electron chi connectivity index (χ4n) is 11.0. The van der Waals surface area contributed by atoms with Gasteiger partial charge in [-0.05, 0) is 145 Å². The van der Waals surface area contributed by atoms with Crippen molar-refractivity contribution in [3.05, 3.63) is 166 Å². The lowest BCUT2D eigenvalue weighted by Crippen LogP contribution is -2.12. The van der Waals surface area contributed by atoms with E-state index < -0.39 is 0 Å². The third-order valence-electron chi connectivity index (χ3n) is 15.6. The molecule has 7 aromatic carbocycles. The minimum Gasteiger partial charge on any atom is -0.319 e. The van der Waals surface area contributed by atoms with Crippen LogP contribution in [0.1, 0.15) is 164 Å². The maximum Gasteiger partial charge on any atom is 0.236 e. The van der Waals surface area contributed by atoms with Gasteiger partial charge in [0.2, 0.25) is 5.69 Å². The lowest BCUT2D eigenvalue weighted by molar-refractivity contribution is 0.590. The lowest BCUT2D eigenvalue weighted by Gasteiger charge is -2.24. The third kappa shape index (κ3) is 8.03. The number of rotatable bonds is 3. The molecule has 0 N–H and O–H groups in total. The Hall–Kier alpha value is -7.08. The molecule has 0 aliphatic heterocycles. The van der Waals surface area contributed by atoms with Gasteiger partial charge in [0.15, 0.2) is 0 Å². The van der Waals surface area contributed by atoms with Crippen molar-refractivity contribution in [1.82, 2.24) is 13.7 Å². The number of hydrogen-bond acceptors (Lipinski definition) is 1. The number of nitrogens with zero attached hydrogens (tertiary/aromatic N) is 5. The quantitative estimate of drug-likeness (QED) is 0.163. The summed E-state index contributed by atoms with van der Waals surface area (Å²) in [7, 11) is 0. The Balaban J connectivity index is 1.46. The van der Waals surface area contributed by atoms with Gasteiger partial charge in [-0.1, -0.05) is 161 Å². The molecule has 0 radical (unpaired) electrons. The topological polar surface area (TPSA) is 42.9 Å². The first-order valence-electron chi connectivity index (χ1n) is 26.2. The molecule has 0 aliphatic rings. The number of nitriles is 1. The van der Waals surface area contributed by atoms with Crippen molar-refractivity contribution in [1.29, 1.82) is 5.26 Å². The van der Waals surface area contributed by atoms with Crippen molar-refractivity contribution < 1.29 is 0 Å². The van der Waals surface area contributed by atoms with E-state index in [-0.39, 0.29) is 32.5 Å². The second-order valence-electron chi connectivity index (χ2n) is 27.1. The second-order valence-corrected chi connectivity index (χ2v) is 27.1. The maximum atomic E-state index is 12.0. The van der Waals surface area contributed by atoms with Gasteiger partial charge in [-0.2, -0.15) is 5.26 Å². The average Bonchev–Trinajstić information content (AvgIpc) is 3.93. The van der Waals surface area contributed by atoms with Crippen LogP contribution in [-0.4, -0.2) is 13.7 Å². The van der Waals surface area contributed by atoms with Crippen LogP contribution in [0.25, 0.3) is 87.3 Å². The summed E-state index contributed by atoms with van der Waals surface area (Å²) in [5.74, 6) is 0. The molecule has 0 fully saturated rings. The van der Waals surface area contributed by atoms with Crippen molar-refractivity contribution in [3.8, 4) is 23.1 Å². The van der Waals surface area contributed by atoms with Gasteiger partial charge in [0.25, 0.3) is 0 Å². The summed E-state index contributed by atoms with van der Waals surface area (Å²) in [6.07, 6.45) is 0. The summed E-state index contributed by atoms with van der Waals surface area (Å²) in [6.45, 7) is 50.4. The highest BCUT2D eigenvalue weighted by atomic mass is 15.1. The van der Waals surface area contributed by atoms with E-state index in [0.717, 1.165) is 65.4 Å². The Bertz CT molecular complexity index is 3810. The molecule has 0 saturated carbocycles. The predicted octanol–water partition coefficient (Wildman–Crippen LogP) is 19.2. The minimum absolute atomic E-state index is 0.0887. The van der Waals surface area contributed by atoms with E-state index in [1.165, 1.54) is 33.4 Å². The van der Waals surface area contributed by atoms with E-state index in [1.807, 2.05) is 6.07 Å². The van der Waals surface area contributed by atoms with E-state index >= 15 is 0 Å². The average molecular weight is 960 g/mol. The summed E-state index contributed by atoms with van der Waals surface area (Å²) < 4.78 is 6.90. The Morgan fingerprint density at radius 1 is 0.342 bits per heavy atom. The SMILES string of the molecule is [C-]#[N+]c1c(-n2c3ccc(C(C)(C)C)cc3c3cc(C(C)(C)C)ccc32)cc(C#N)c(-n2c3ccc(C(C)(C)C)cc3c3cc(C(C)(C)C)ccc32)c1-n1c2ccc(C(C)(C)C)cc2c2cc(C(C)(C)C)ccc21. The van der Waals surface area contributed by atoms with E-state index in [4.69, 9.17) is 4.85 Å². The van der Waals surface area contributed by atoms with Crippen LogP contribution < -0.4 is 0 Å². The largest absolute Gasteiger partial charge is 0.319 e. The number of hydrogen-bond donors (Lipinski definition) is 0. The Labute approximate surface area is 433 Å². The highest BCUT2D eigenvalue weighted by molar-refractivity contribution is 6.15. The van der Waals surface area contributed by atoms with Crippen LogP contribution >= 0.6 is 0 Å². The van der Waals surface area contributed by atoms with Crippen LogP contribution in [0, 0.1) is 17.9 Å². The molecule has 0 saturated heterocycles. The molecule has 0 unspecified atom stereocenters. The van der Waals surface area contributed by atoms with Crippen molar-refractivity contribution in [2.45, 2.75) is 157 Å². The first-order valence-corrected chi connectivity index (χ1v) is 26.2. The molecule has 5 heteroatoms. The lowest BCUT2D eigenvalue weighted by atomic mass is 9.85. The van der Waals surface area contributed by atoms with Gasteiger partial charge in [0.05, 0.1) is 62.3 Å². The fraction of sp³-hybridized carbons (Fsp3) is 0.353. The molecule has 73 heavy (non-hydrogen) atoms. The zero-order chi connectivity index (χ0) is 52.9. The van der Waals surface area contributed by atoms with Gasteiger partial charge in [-0.25, -0.2) is 4.85 Å². The van der Waals surface area contributed by atoms with Crippen molar-refractivity contribution in [3.63, 3.8) is 0 Å². The second kappa shape index (κ2) is 16.2. The summed E-state index contributed by atoms with van der Waals surface area (Å²) in [5, 5.41) is 18.7. The molecule has 0 spiro atoms. The standard InChI is InChI=1S/C68H73N5/c1-63(2,3)41-20-26-53-47(33-41)48-34-42(64(4,5)6)21-27-54(48)71(53)59-32-40(39-69)61(72-55-28-22-43(65(7,8)9)35-49(55)50-36-44(66(10,11)12)23-29-56(50)72)62(60(59)70-19)73-57-30-24-45(67(13,14)15)37-51(57)52-38-46(68(16,17)18)25-31-58(52)73/h20-38H,1-18H3. The van der Waals surface area contributed by atoms with Crippen molar-refractivity contribution in [2.24, 2.45) is 0 Å². The van der Waals surface area contributed by atoms with Crippen molar-refractivity contribution in [2.75, 3.05) is 0 Å². The molecular weight excluding hydrogens is 887 g/mol. The van der Waals surface area contributed by atoms with Gasteiger partial charge in [0, 0.05) is 32.3 Å². The van der Waals surface area contributed by atoms with E-state index in [1.54, 1.807) is 0 Å². The fourth-order valence-corrected chi connectivity index (χ4v) is 11.0. The molecule has 0 amide bonds. The zero-order valence-electron chi connectivity index (χ0n) is 46.7. The molecule has 0 aliphatic carbocycles. The van der Waals surface area contributed by atoms with Crippen LogP contribution in [0.3, 0.4) is 0 Å². The monoisotopic (exact) mass is 960 g/mol. The van der Waals surface area contributed by atoms with Gasteiger partial charge in [-0.15, -0.1) is 0 Å². The first-order chi connectivity index (χ1) is 33.9. The molecule has 0 atom stereocenters. The number of fused-ring (bicyclic) bond motifs is 9. The Kier molecular flexibility index (Phi) is 11.0. The summed E-state index contributed by atoms with van der Waals surface area (Å²) in [6, 6.07) is 45.9. The van der Waals surface area contributed by atoms with Crippen LogP contribution in [0.4, 0.5) is 5.69 Å². The van der Waals surface area contributed by atoms with Crippen LogP contribution in [0.15, 0.2) is 115 Å². The van der Waals surface area contributed by atoms with Gasteiger partial charge >= 0.3 is 0 Å².